The lowest BCUT2D eigenvalue weighted by Crippen LogP contribution is -2.26. The highest BCUT2D eigenvalue weighted by atomic mass is 35.5. The Balaban J connectivity index is 2.82. The lowest BCUT2D eigenvalue weighted by Gasteiger charge is -2.18. The Bertz CT molecular complexity index is 469. The van der Waals surface area contributed by atoms with Gasteiger partial charge in [-0.15, -0.1) is 0 Å². The lowest BCUT2D eigenvalue weighted by molar-refractivity contribution is 0.414. The summed E-state index contributed by atoms with van der Waals surface area (Å²) in [5.74, 6) is 0.724. The molecule has 5 heteroatoms. The van der Waals surface area contributed by atoms with E-state index in [1.165, 1.54) is 0 Å². The molecule has 0 aliphatic rings. The number of rotatable bonds is 4. The second kappa shape index (κ2) is 6.64. The third-order valence-corrected chi connectivity index (χ3v) is 4.35. The van der Waals surface area contributed by atoms with Gasteiger partial charge in [-0.2, -0.15) is 0 Å². The zero-order valence-corrected chi connectivity index (χ0v) is 13.6. The number of nitrogens with zero attached hydrogens (tertiary/aromatic N) is 1. The normalized spacial score (nSPS) is 14.4. The maximum atomic E-state index is 11.9. The van der Waals surface area contributed by atoms with Crippen LogP contribution in [0.3, 0.4) is 0 Å². The fraction of sp³-hybridized carbons (Fsp3) is 0.500. The van der Waals surface area contributed by atoms with Crippen molar-refractivity contribution in [3.05, 3.63) is 28.8 Å². The predicted molar refractivity (Wildman–Crippen MR) is 82.7 cm³/mol. The zero-order chi connectivity index (χ0) is 14.6. The number of halogens is 1. The maximum Gasteiger partial charge on any atom is 0.144 e. The highest BCUT2D eigenvalue weighted by molar-refractivity contribution is 7.91. The molecule has 0 saturated heterocycles. The van der Waals surface area contributed by atoms with Crippen LogP contribution in [0, 0.1) is 0 Å². The number of benzene rings is 1. The van der Waals surface area contributed by atoms with Crippen molar-refractivity contribution < 1.29 is 9.29 Å². The molecule has 0 saturated carbocycles. The van der Waals surface area contributed by atoms with Gasteiger partial charge in [0.15, 0.2) is 0 Å². The molecule has 19 heavy (non-hydrogen) atoms. The molecule has 0 aliphatic carbocycles. The summed E-state index contributed by atoms with van der Waals surface area (Å²) in [4.78, 5) is 0. The summed E-state index contributed by atoms with van der Waals surface area (Å²) in [7, 11) is 1.60. The van der Waals surface area contributed by atoms with Crippen molar-refractivity contribution in [3.63, 3.8) is 0 Å². The first-order chi connectivity index (χ1) is 8.74. The van der Waals surface area contributed by atoms with Gasteiger partial charge in [0.25, 0.3) is 0 Å². The smallest absolute Gasteiger partial charge is 0.144 e. The molecule has 0 fully saturated rings. The van der Waals surface area contributed by atoms with Crippen LogP contribution in [0.2, 0.25) is 5.02 Å². The van der Waals surface area contributed by atoms with E-state index in [0.29, 0.717) is 11.4 Å². The van der Waals surface area contributed by atoms with Crippen molar-refractivity contribution in [2.24, 2.45) is 4.40 Å². The monoisotopic (exact) mass is 301 g/mol. The quantitative estimate of drug-likeness (QED) is 0.627. The van der Waals surface area contributed by atoms with Crippen LogP contribution in [-0.4, -0.2) is 22.1 Å². The topological polar surface area (TPSA) is 44.6 Å². The summed E-state index contributed by atoms with van der Waals surface area (Å²) < 4.78 is 20.9. The Kier molecular flexibility index (Phi) is 5.71. The molecule has 1 aromatic carbocycles. The molecule has 0 bridgehead atoms. The van der Waals surface area contributed by atoms with E-state index in [1.54, 1.807) is 13.2 Å². The molecule has 0 amide bonds. The number of hydrogen-bond donors (Lipinski definition) is 0. The van der Waals surface area contributed by atoms with Crippen LogP contribution in [0.5, 0.6) is 5.75 Å². The summed E-state index contributed by atoms with van der Waals surface area (Å²) in [5, 5.41) is 0.635. The second-order valence-corrected chi connectivity index (χ2v) is 7.64. The second-order valence-electron chi connectivity index (χ2n) is 5.32. The Morgan fingerprint density at radius 3 is 2.53 bits per heavy atom. The van der Waals surface area contributed by atoms with Crippen molar-refractivity contribution >= 4 is 28.7 Å². The van der Waals surface area contributed by atoms with E-state index in [9.17, 15) is 4.55 Å². The average Bonchev–Trinajstić information content (AvgIpc) is 2.30. The molecular formula is C14H20ClNO2S. The maximum absolute atomic E-state index is 11.9. The summed E-state index contributed by atoms with van der Waals surface area (Å²) >= 11 is 4.93. The molecule has 1 atom stereocenters. The van der Waals surface area contributed by atoms with E-state index >= 15 is 0 Å². The third kappa shape index (κ3) is 5.05. The van der Waals surface area contributed by atoms with Crippen molar-refractivity contribution in [3.8, 4) is 5.75 Å². The molecule has 106 valence electrons. The summed E-state index contributed by atoms with van der Waals surface area (Å²) in [6, 6.07) is 5.53. The zero-order valence-electron chi connectivity index (χ0n) is 12.0. The van der Waals surface area contributed by atoms with Gasteiger partial charge < -0.3 is 9.29 Å². The van der Waals surface area contributed by atoms with E-state index in [4.69, 9.17) is 16.3 Å². The van der Waals surface area contributed by atoms with Gasteiger partial charge in [0.1, 0.15) is 21.9 Å². The minimum absolute atomic E-state index is 0.342. The van der Waals surface area contributed by atoms with Crippen molar-refractivity contribution in [1.82, 2.24) is 0 Å². The molecule has 1 aromatic rings. The fourth-order valence-corrected chi connectivity index (χ4v) is 2.24. The van der Waals surface area contributed by atoms with Crippen molar-refractivity contribution in [2.75, 3.05) is 7.11 Å². The Hall–Kier alpha value is -0.710. The molecule has 0 radical (unpaired) electrons. The summed E-state index contributed by atoms with van der Waals surface area (Å²) in [5.41, 5.74) is 1.76. The van der Waals surface area contributed by atoms with Crippen LogP contribution in [0.25, 0.3) is 0 Å². The molecule has 1 rings (SSSR count). The highest BCUT2D eigenvalue weighted by Gasteiger charge is 2.26. The van der Waals surface area contributed by atoms with E-state index in [1.807, 2.05) is 39.8 Å². The van der Waals surface area contributed by atoms with Crippen LogP contribution in [-0.2, 0) is 17.8 Å². The molecule has 0 N–H and O–H groups in total. The lowest BCUT2D eigenvalue weighted by atomic mass is 10.1. The van der Waals surface area contributed by atoms with Crippen molar-refractivity contribution in [2.45, 2.75) is 38.9 Å². The predicted octanol–water partition coefficient (Wildman–Crippen LogP) is 3.81. The van der Waals surface area contributed by atoms with Gasteiger partial charge >= 0.3 is 0 Å². The van der Waals surface area contributed by atoms with Gasteiger partial charge in [-0.1, -0.05) is 22.1 Å². The first-order valence-corrected chi connectivity index (χ1v) is 7.51. The van der Waals surface area contributed by atoms with E-state index in [0.717, 1.165) is 17.0 Å². The SMILES string of the molecule is COc1ccc(CC(C)=N[S@+]([O-])C(C)(C)C)c(Cl)c1. The molecule has 0 unspecified atom stereocenters. The molecular weight excluding hydrogens is 282 g/mol. The fourth-order valence-electron chi connectivity index (χ4n) is 1.38. The van der Waals surface area contributed by atoms with Crippen LogP contribution in [0.4, 0.5) is 0 Å². The summed E-state index contributed by atoms with van der Waals surface area (Å²) in [6.07, 6.45) is 0.588. The molecule has 3 nitrogen and oxygen atoms in total. The first kappa shape index (κ1) is 16.3. The van der Waals surface area contributed by atoms with Crippen LogP contribution >= 0.6 is 11.6 Å². The molecule has 0 aliphatic heterocycles. The highest BCUT2D eigenvalue weighted by Crippen LogP contribution is 2.24. The van der Waals surface area contributed by atoms with Gasteiger partial charge in [-0.05, 0) is 45.4 Å². The van der Waals surface area contributed by atoms with E-state index < -0.39 is 11.4 Å². The van der Waals surface area contributed by atoms with E-state index in [2.05, 4.69) is 4.40 Å². The average molecular weight is 302 g/mol. The van der Waals surface area contributed by atoms with Gasteiger partial charge in [-0.25, -0.2) is 0 Å². The number of hydrogen-bond acceptors (Lipinski definition) is 3. The Morgan fingerprint density at radius 2 is 2.05 bits per heavy atom. The molecule has 0 aromatic heterocycles. The first-order valence-electron chi connectivity index (χ1n) is 6.02. The third-order valence-electron chi connectivity index (χ3n) is 2.47. The Morgan fingerprint density at radius 1 is 1.42 bits per heavy atom. The van der Waals surface area contributed by atoms with Gasteiger partial charge in [0.2, 0.25) is 0 Å². The van der Waals surface area contributed by atoms with Crippen LogP contribution in [0.15, 0.2) is 22.6 Å². The largest absolute Gasteiger partial charge is 0.591 e. The minimum atomic E-state index is -1.23. The summed E-state index contributed by atoms with van der Waals surface area (Å²) in [6.45, 7) is 7.57. The van der Waals surface area contributed by atoms with Crippen LogP contribution in [0.1, 0.15) is 33.3 Å². The van der Waals surface area contributed by atoms with Gasteiger partial charge in [0, 0.05) is 11.4 Å². The van der Waals surface area contributed by atoms with Gasteiger partial charge in [-0.3, -0.25) is 0 Å². The number of ether oxygens (including phenoxy) is 1. The molecule has 0 heterocycles. The standard InChI is InChI=1S/C14H20ClNO2S/c1-10(16-19(17)14(2,3)4)8-11-6-7-12(18-5)9-13(11)15/h6-7,9H,8H2,1-5H3/t19-/m1/s1. The van der Waals surface area contributed by atoms with Crippen LogP contribution < -0.4 is 4.74 Å². The molecule has 0 spiro atoms. The Labute approximate surface area is 123 Å². The number of methoxy groups -OCH3 is 1. The minimum Gasteiger partial charge on any atom is -0.591 e. The van der Waals surface area contributed by atoms with Gasteiger partial charge in [0.05, 0.1) is 12.8 Å². The van der Waals surface area contributed by atoms with E-state index in [-0.39, 0.29) is 4.75 Å². The van der Waals surface area contributed by atoms with Crippen molar-refractivity contribution in [1.29, 1.82) is 0 Å².